The third-order valence-corrected chi connectivity index (χ3v) is 5.68. The second-order valence-corrected chi connectivity index (χ2v) is 7.32. The van der Waals surface area contributed by atoms with Crippen LogP contribution in [0.2, 0.25) is 5.02 Å². The number of nitrogens with one attached hydrogen (secondary N) is 1. The van der Waals surface area contributed by atoms with Crippen molar-refractivity contribution in [3.63, 3.8) is 0 Å². The van der Waals surface area contributed by atoms with Crippen LogP contribution in [0.3, 0.4) is 0 Å². The lowest BCUT2D eigenvalue weighted by molar-refractivity contribution is -0.135. The number of hydroxylamine groups is 1. The van der Waals surface area contributed by atoms with Crippen LogP contribution in [0.25, 0.3) is 5.69 Å². The Morgan fingerprint density at radius 2 is 2.07 bits per heavy atom. The van der Waals surface area contributed by atoms with Crippen molar-refractivity contribution in [3.8, 4) is 5.69 Å². The highest BCUT2D eigenvalue weighted by Crippen LogP contribution is 2.43. The second-order valence-electron chi connectivity index (χ2n) is 6.91. The van der Waals surface area contributed by atoms with Gasteiger partial charge in [0.2, 0.25) is 0 Å². The molecule has 28 heavy (non-hydrogen) atoms. The first-order valence-electron chi connectivity index (χ1n) is 8.59. The van der Waals surface area contributed by atoms with Gasteiger partial charge in [-0.3, -0.25) is 10.0 Å². The van der Waals surface area contributed by atoms with E-state index in [9.17, 15) is 18.8 Å². The first-order valence-corrected chi connectivity index (χ1v) is 8.96. The summed E-state index contributed by atoms with van der Waals surface area (Å²) < 4.78 is 29.2. The Labute approximate surface area is 164 Å². The van der Waals surface area contributed by atoms with E-state index in [1.165, 1.54) is 30.3 Å². The van der Waals surface area contributed by atoms with Crippen molar-refractivity contribution in [2.75, 3.05) is 0 Å². The highest BCUT2D eigenvalue weighted by atomic mass is 35.5. The number of rotatable bonds is 3. The zero-order chi connectivity index (χ0) is 20.1. The summed E-state index contributed by atoms with van der Waals surface area (Å²) in [6, 6.07) is 8.51. The van der Waals surface area contributed by atoms with Crippen molar-refractivity contribution in [3.05, 3.63) is 81.6 Å². The number of aromatic nitrogens is 2. The molecule has 0 saturated carbocycles. The highest BCUT2D eigenvalue weighted by molar-refractivity contribution is 6.32. The van der Waals surface area contributed by atoms with Gasteiger partial charge in [-0.1, -0.05) is 23.7 Å². The topological polar surface area (TPSA) is 67.2 Å². The molecule has 0 aliphatic heterocycles. The first-order chi connectivity index (χ1) is 13.4. The SMILES string of the molecule is Cc1c(F)cccc1C1(C(=O)NO)Cc2cnn(-c3ccc(F)cc3Cl)c2C1. The van der Waals surface area contributed by atoms with Crippen LogP contribution in [0, 0.1) is 18.6 Å². The molecule has 2 aromatic carbocycles. The Balaban J connectivity index is 1.85. The van der Waals surface area contributed by atoms with Gasteiger partial charge in [-0.25, -0.2) is 18.9 Å². The predicted molar refractivity (Wildman–Crippen MR) is 98.7 cm³/mol. The number of carbonyl (C=O) groups is 1. The quantitative estimate of drug-likeness (QED) is 0.518. The van der Waals surface area contributed by atoms with Crippen LogP contribution in [0.5, 0.6) is 0 Å². The van der Waals surface area contributed by atoms with Gasteiger partial charge in [-0.2, -0.15) is 5.10 Å². The summed E-state index contributed by atoms with van der Waals surface area (Å²) in [4.78, 5) is 12.7. The van der Waals surface area contributed by atoms with Gasteiger partial charge in [0.1, 0.15) is 11.6 Å². The Kier molecular flexibility index (Phi) is 4.44. The smallest absolute Gasteiger partial charge is 0.254 e. The average molecular weight is 404 g/mol. The van der Waals surface area contributed by atoms with Gasteiger partial charge in [-0.15, -0.1) is 0 Å². The summed E-state index contributed by atoms with van der Waals surface area (Å²) in [6.45, 7) is 1.60. The third-order valence-electron chi connectivity index (χ3n) is 5.37. The lowest BCUT2D eigenvalue weighted by Gasteiger charge is -2.29. The summed E-state index contributed by atoms with van der Waals surface area (Å²) in [7, 11) is 0. The fourth-order valence-corrected chi connectivity index (χ4v) is 4.23. The lowest BCUT2D eigenvalue weighted by atomic mass is 9.75. The van der Waals surface area contributed by atoms with E-state index >= 15 is 0 Å². The zero-order valence-electron chi connectivity index (χ0n) is 14.8. The van der Waals surface area contributed by atoms with Gasteiger partial charge in [0.15, 0.2) is 0 Å². The summed E-state index contributed by atoms with van der Waals surface area (Å²) in [5.41, 5.74) is 3.31. The fraction of sp³-hybridized carbons (Fsp3) is 0.200. The van der Waals surface area contributed by atoms with E-state index in [1.54, 1.807) is 29.3 Å². The highest BCUT2D eigenvalue weighted by Gasteiger charge is 2.48. The van der Waals surface area contributed by atoms with Gasteiger partial charge in [0.25, 0.3) is 5.91 Å². The molecule has 1 heterocycles. The van der Waals surface area contributed by atoms with E-state index in [0.717, 1.165) is 5.56 Å². The molecular weight excluding hydrogens is 388 g/mol. The molecule has 1 atom stereocenters. The summed E-state index contributed by atoms with van der Waals surface area (Å²) in [6.07, 6.45) is 2.01. The number of nitrogens with zero attached hydrogens (tertiary/aromatic N) is 2. The van der Waals surface area contributed by atoms with Crippen molar-refractivity contribution >= 4 is 17.5 Å². The van der Waals surface area contributed by atoms with Crippen molar-refractivity contribution in [1.82, 2.24) is 15.3 Å². The van der Waals surface area contributed by atoms with E-state index in [2.05, 4.69) is 5.10 Å². The molecule has 1 aliphatic carbocycles. The first kappa shape index (κ1) is 18.6. The third kappa shape index (κ3) is 2.70. The van der Waals surface area contributed by atoms with Gasteiger partial charge >= 0.3 is 0 Å². The van der Waals surface area contributed by atoms with E-state index in [0.29, 0.717) is 22.5 Å². The Morgan fingerprint density at radius 1 is 1.29 bits per heavy atom. The molecule has 1 amide bonds. The molecule has 0 spiro atoms. The van der Waals surface area contributed by atoms with Crippen molar-refractivity contribution in [1.29, 1.82) is 0 Å². The van der Waals surface area contributed by atoms with E-state index in [4.69, 9.17) is 11.6 Å². The molecule has 144 valence electrons. The molecule has 1 aromatic heterocycles. The molecule has 0 radical (unpaired) electrons. The van der Waals surface area contributed by atoms with Gasteiger partial charge < -0.3 is 0 Å². The summed E-state index contributed by atoms with van der Waals surface area (Å²) in [5, 5.41) is 13.9. The number of hydrogen-bond donors (Lipinski definition) is 2. The van der Waals surface area contributed by atoms with E-state index < -0.39 is 23.0 Å². The molecular formula is C20H16ClF2N3O2. The monoisotopic (exact) mass is 403 g/mol. The minimum atomic E-state index is -1.19. The predicted octanol–water partition coefficient (Wildman–Crippen LogP) is 3.65. The number of amides is 1. The molecule has 1 aliphatic rings. The van der Waals surface area contributed by atoms with Crippen LogP contribution in [0.15, 0.2) is 42.6 Å². The lowest BCUT2D eigenvalue weighted by Crippen LogP contribution is -2.45. The average Bonchev–Trinajstić information content (AvgIpc) is 3.22. The second kappa shape index (κ2) is 6.68. The fourth-order valence-electron chi connectivity index (χ4n) is 3.98. The molecule has 0 fully saturated rings. The molecule has 4 rings (SSSR count). The molecule has 0 saturated heterocycles. The number of carbonyl (C=O) groups excluding carboxylic acids is 1. The molecule has 0 bridgehead atoms. The van der Waals surface area contributed by atoms with Crippen molar-refractivity contribution < 1.29 is 18.8 Å². The van der Waals surface area contributed by atoms with Crippen molar-refractivity contribution in [2.24, 2.45) is 0 Å². The largest absolute Gasteiger partial charge is 0.289 e. The summed E-state index contributed by atoms with van der Waals surface area (Å²) in [5.74, 6) is -1.53. The van der Waals surface area contributed by atoms with Crippen LogP contribution in [-0.2, 0) is 23.1 Å². The van der Waals surface area contributed by atoms with Gasteiger partial charge in [0, 0.05) is 12.1 Å². The molecule has 2 N–H and O–H groups in total. The van der Waals surface area contributed by atoms with Crippen LogP contribution in [-0.4, -0.2) is 20.9 Å². The van der Waals surface area contributed by atoms with Crippen LogP contribution in [0.1, 0.15) is 22.4 Å². The van der Waals surface area contributed by atoms with E-state index in [-0.39, 0.29) is 17.9 Å². The maximum absolute atomic E-state index is 14.2. The standard InChI is InChI=1S/C20H16ClF2N3O2/c1-11-14(3-2-4-16(11)23)20(19(27)25-28)8-12-10-24-26(18(12)9-20)17-6-5-13(22)7-15(17)21/h2-7,10,28H,8-9H2,1H3,(H,25,27). The molecule has 1 unspecified atom stereocenters. The maximum Gasteiger partial charge on any atom is 0.254 e. The van der Waals surface area contributed by atoms with Crippen LogP contribution >= 0.6 is 11.6 Å². The number of benzene rings is 2. The summed E-state index contributed by atoms with van der Waals surface area (Å²) >= 11 is 6.18. The minimum Gasteiger partial charge on any atom is -0.289 e. The van der Waals surface area contributed by atoms with Gasteiger partial charge in [0.05, 0.1) is 22.3 Å². The Morgan fingerprint density at radius 3 is 2.79 bits per heavy atom. The number of fused-ring (bicyclic) bond motifs is 1. The maximum atomic E-state index is 14.2. The van der Waals surface area contributed by atoms with Gasteiger partial charge in [-0.05, 0) is 54.3 Å². The molecule has 8 heteroatoms. The molecule has 5 nitrogen and oxygen atoms in total. The molecule has 3 aromatic rings. The zero-order valence-corrected chi connectivity index (χ0v) is 15.6. The Hall–Kier alpha value is -2.77. The van der Waals surface area contributed by atoms with Crippen LogP contribution in [0.4, 0.5) is 8.78 Å². The van der Waals surface area contributed by atoms with E-state index in [1.807, 2.05) is 0 Å². The number of halogens is 3. The Bertz CT molecular complexity index is 1100. The number of hydrogen-bond acceptors (Lipinski definition) is 3. The van der Waals surface area contributed by atoms with Crippen molar-refractivity contribution in [2.45, 2.75) is 25.2 Å². The van der Waals surface area contributed by atoms with Crippen LogP contribution < -0.4 is 5.48 Å². The normalized spacial score (nSPS) is 18.2. The minimum absolute atomic E-state index is 0.173.